The number of carbonyl (C=O) groups excluding carboxylic acids is 1. The number of rotatable bonds is 5. The molecule has 1 amide bonds. The number of nitrogens with one attached hydrogen (secondary N) is 1. The molecule has 2 aromatic rings. The van der Waals surface area contributed by atoms with E-state index in [1.165, 1.54) is 0 Å². The Morgan fingerprint density at radius 3 is 2.41 bits per heavy atom. The number of anilines is 1. The number of hydrogen-bond acceptors (Lipinski definition) is 3. The zero-order valence-electron chi connectivity index (χ0n) is 13.3. The van der Waals surface area contributed by atoms with Gasteiger partial charge < -0.3 is 14.8 Å². The van der Waals surface area contributed by atoms with Crippen molar-refractivity contribution in [2.24, 2.45) is 0 Å². The first-order valence-electron chi connectivity index (χ1n) is 7.19. The third kappa shape index (κ3) is 3.58. The number of para-hydroxylation sites is 2. The van der Waals surface area contributed by atoms with Crippen LogP contribution in [0.1, 0.15) is 18.1 Å². The number of benzene rings is 2. The van der Waals surface area contributed by atoms with E-state index in [2.05, 4.69) is 5.32 Å². The summed E-state index contributed by atoms with van der Waals surface area (Å²) in [5.41, 5.74) is 3.00. The lowest BCUT2D eigenvalue weighted by molar-refractivity contribution is -0.122. The molecular formula is C18H21NO3. The van der Waals surface area contributed by atoms with Gasteiger partial charge in [-0.05, 0) is 50.1 Å². The van der Waals surface area contributed by atoms with Gasteiger partial charge in [-0.2, -0.15) is 0 Å². The van der Waals surface area contributed by atoms with E-state index in [1.54, 1.807) is 26.2 Å². The second-order valence-electron chi connectivity index (χ2n) is 5.15. The minimum absolute atomic E-state index is 0.195. The fourth-order valence-corrected chi connectivity index (χ4v) is 2.08. The van der Waals surface area contributed by atoms with Gasteiger partial charge in [0.25, 0.3) is 5.91 Å². The third-order valence-corrected chi connectivity index (χ3v) is 3.60. The highest BCUT2D eigenvalue weighted by Gasteiger charge is 2.17. The summed E-state index contributed by atoms with van der Waals surface area (Å²) >= 11 is 0. The molecule has 0 fully saturated rings. The van der Waals surface area contributed by atoms with Crippen molar-refractivity contribution < 1.29 is 14.3 Å². The normalized spacial score (nSPS) is 11.6. The zero-order valence-corrected chi connectivity index (χ0v) is 13.3. The Morgan fingerprint density at radius 2 is 1.73 bits per heavy atom. The first-order chi connectivity index (χ1) is 10.5. The molecule has 4 heteroatoms. The van der Waals surface area contributed by atoms with Crippen molar-refractivity contribution in [3.63, 3.8) is 0 Å². The molecule has 2 aromatic carbocycles. The Kier molecular flexibility index (Phi) is 5.04. The van der Waals surface area contributed by atoms with Gasteiger partial charge in [0.15, 0.2) is 17.6 Å². The molecule has 0 aromatic heterocycles. The number of hydrogen-bond donors (Lipinski definition) is 1. The first kappa shape index (κ1) is 15.9. The summed E-state index contributed by atoms with van der Waals surface area (Å²) in [6, 6.07) is 13.1. The topological polar surface area (TPSA) is 47.6 Å². The van der Waals surface area contributed by atoms with Gasteiger partial charge in [-0.15, -0.1) is 0 Å². The SMILES string of the molecule is COc1ccccc1O[C@H](C)C(=O)Nc1cccc(C)c1C. The van der Waals surface area contributed by atoms with Crippen LogP contribution in [0.3, 0.4) is 0 Å². The van der Waals surface area contributed by atoms with Gasteiger partial charge in [0.05, 0.1) is 7.11 Å². The lowest BCUT2D eigenvalue weighted by Gasteiger charge is -2.17. The van der Waals surface area contributed by atoms with Crippen LogP contribution in [-0.4, -0.2) is 19.1 Å². The molecular weight excluding hydrogens is 278 g/mol. The average Bonchev–Trinajstić information content (AvgIpc) is 2.52. The van der Waals surface area contributed by atoms with Gasteiger partial charge in [0, 0.05) is 5.69 Å². The Bertz CT molecular complexity index is 667. The molecule has 0 saturated heterocycles. The molecule has 0 saturated carbocycles. The van der Waals surface area contributed by atoms with Gasteiger partial charge in [-0.25, -0.2) is 0 Å². The van der Waals surface area contributed by atoms with Crippen molar-refractivity contribution in [3.05, 3.63) is 53.6 Å². The maximum atomic E-state index is 12.3. The van der Waals surface area contributed by atoms with E-state index in [0.29, 0.717) is 11.5 Å². The molecule has 2 rings (SSSR count). The largest absolute Gasteiger partial charge is 0.493 e. The van der Waals surface area contributed by atoms with E-state index in [0.717, 1.165) is 16.8 Å². The summed E-state index contributed by atoms with van der Waals surface area (Å²) in [6.07, 6.45) is -0.629. The van der Waals surface area contributed by atoms with Gasteiger partial charge in [-0.3, -0.25) is 4.79 Å². The van der Waals surface area contributed by atoms with Gasteiger partial charge >= 0.3 is 0 Å². The summed E-state index contributed by atoms with van der Waals surface area (Å²) in [5.74, 6) is 0.960. The molecule has 1 N–H and O–H groups in total. The van der Waals surface area contributed by atoms with E-state index in [4.69, 9.17) is 9.47 Å². The van der Waals surface area contributed by atoms with Gasteiger partial charge in [-0.1, -0.05) is 24.3 Å². The van der Waals surface area contributed by atoms with E-state index in [9.17, 15) is 4.79 Å². The molecule has 22 heavy (non-hydrogen) atoms. The van der Waals surface area contributed by atoms with Crippen molar-refractivity contribution in [2.75, 3.05) is 12.4 Å². The monoisotopic (exact) mass is 299 g/mol. The molecule has 0 bridgehead atoms. The lowest BCUT2D eigenvalue weighted by atomic mass is 10.1. The summed E-state index contributed by atoms with van der Waals surface area (Å²) in [4.78, 5) is 12.3. The molecule has 0 heterocycles. The van der Waals surface area contributed by atoms with Gasteiger partial charge in [0.2, 0.25) is 0 Å². The lowest BCUT2D eigenvalue weighted by Crippen LogP contribution is -2.30. The van der Waals surface area contributed by atoms with E-state index < -0.39 is 6.10 Å². The number of amides is 1. The second-order valence-corrected chi connectivity index (χ2v) is 5.15. The Morgan fingerprint density at radius 1 is 1.05 bits per heavy atom. The fraction of sp³-hybridized carbons (Fsp3) is 0.278. The standard InChI is InChI=1S/C18H21NO3/c1-12-8-7-9-15(13(12)2)19-18(20)14(3)22-17-11-6-5-10-16(17)21-4/h5-11,14H,1-4H3,(H,19,20)/t14-/m1/s1. The maximum absolute atomic E-state index is 12.3. The molecule has 0 aliphatic rings. The van der Waals surface area contributed by atoms with Crippen molar-refractivity contribution in [1.82, 2.24) is 0 Å². The number of methoxy groups -OCH3 is 1. The van der Waals surface area contributed by atoms with Crippen LogP contribution in [-0.2, 0) is 4.79 Å². The van der Waals surface area contributed by atoms with Crippen molar-refractivity contribution in [2.45, 2.75) is 26.9 Å². The van der Waals surface area contributed by atoms with Crippen LogP contribution in [0.25, 0.3) is 0 Å². The van der Waals surface area contributed by atoms with Gasteiger partial charge in [0.1, 0.15) is 0 Å². The number of carbonyl (C=O) groups is 1. The van der Waals surface area contributed by atoms with Crippen LogP contribution >= 0.6 is 0 Å². The fourth-order valence-electron chi connectivity index (χ4n) is 2.08. The highest BCUT2D eigenvalue weighted by molar-refractivity contribution is 5.94. The van der Waals surface area contributed by atoms with Crippen molar-refractivity contribution in [3.8, 4) is 11.5 Å². The summed E-state index contributed by atoms with van der Waals surface area (Å²) in [6.45, 7) is 5.71. The van der Waals surface area contributed by atoms with Crippen LogP contribution < -0.4 is 14.8 Å². The van der Waals surface area contributed by atoms with Crippen LogP contribution in [0.15, 0.2) is 42.5 Å². The maximum Gasteiger partial charge on any atom is 0.265 e. The first-order valence-corrected chi connectivity index (χ1v) is 7.19. The van der Waals surface area contributed by atoms with Crippen molar-refractivity contribution in [1.29, 1.82) is 0 Å². The van der Waals surface area contributed by atoms with E-state index in [1.807, 2.05) is 44.2 Å². The highest BCUT2D eigenvalue weighted by atomic mass is 16.5. The smallest absolute Gasteiger partial charge is 0.265 e. The second kappa shape index (κ2) is 6.98. The molecule has 0 radical (unpaired) electrons. The van der Waals surface area contributed by atoms with E-state index in [-0.39, 0.29) is 5.91 Å². The van der Waals surface area contributed by atoms with E-state index >= 15 is 0 Å². The molecule has 116 valence electrons. The minimum Gasteiger partial charge on any atom is -0.493 e. The minimum atomic E-state index is -0.629. The molecule has 1 atom stereocenters. The third-order valence-electron chi connectivity index (χ3n) is 3.60. The molecule has 0 unspecified atom stereocenters. The quantitative estimate of drug-likeness (QED) is 0.915. The highest BCUT2D eigenvalue weighted by Crippen LogP contribution is 2.27. The Balaban J connectivity index is 2.08. The summed E-state index contributed by atoms with van der Waals surface area (Å²) in [5, 5.41) is 2.90. The van der Waals surface area contributed by atoms with Crippen LogP contribution in [0.5, 0.6) is 11.5 Å². The van der Waals surface area contributed by atoms with Crippen LogP contribution in [0.2, 0.25) is 0 Å². The summed E-state index contributed by atoms with van der Waals surface area (Å²) < 4.78 is 10.9. The van der Waals surface area contributed by atoms with Crippen LogP contribution in [0.4, 0.5) is 5.69 Å². The zero-order chi connectivity index (χ0) is 16.1. The van der Waals surface area contributed by atoms with Crippen molar-refractivity contribution >= 4 is 11.6 Å². The molecule has 0 spiro atoms. The predicted molar refractivity (Wildman–Crippen MR) is 87.6 cm³/mol. The molecule has 4 nitrogen and oxygen atoms in total. The molecule has 0 aliphatic heterocycles. The summed E-state index contributed by atoms with van der Waals surface area (Å²) in [7, 11) is 1.57. The molecule has 0 aliphatic carbocycles. The Labute approximate surface area is 131 Å². The average molecular weight is 299 g/mol. The number of aryl methyl sites for hydroxylation is 1. The van der Waals surface area contributed by atoms with Crippen LogP contribution in [0, 0.1) is 13.8 Å². The number of ether oxygens (including phenoxy) is 2. The predicted octanol–water partition coefficient (Wildman–Crippen LogP) is 3.72. The Hall–Kier alpha value is -2.49.